The highest BCUT2D eigenvalue weighted by molar-refractivity contribution is 5.50. The van der Waals surface area contributed by atoms with Crippen molar-refractivity contribution in [2.24, 2.45) is 5.92 Å². The first-order valence-electron chi connectivity index (χ1n) is 5.66. The van der Waals surface area contributed by atoms with Crippen LogP contribution in [0.4, 0.5) is 5.69 Å². The van der Waals surface area contributed by atoms with Gasteiger partial charge in [0, 0.05) is 12.2 Å². The number of hydrogen-bond donors (Lipinski definition) is 1. The monoisotopic (exact) mass is 189 g/mol. The van der Waals surface area contributed by atoms with E-state index in [-0.39, 0.29) is 0 Å². The number of rotatable bonds is 3. The second kappa shape index (κ2) is 4.50. The third kappa shape index (κ3) is 2.28. The molecular weight excluding hydrogens is 170 g/mol. The summed E-state index contributed by atoms with van der Waals surface area (Å²) in [5, 5.41) is 3.55. The van der Waals surface area contributed by atoms with Crippen LogP contribution in [0.5, 0.6) is 0 Å². The first kappa shape index (κ1) is 9.57. The lowest BCUT2D eigenvalue weighted by atomic mass is 10.1. The fraction of sp³-hybridized carbons (Fsp3) is 0.538. The standard InChI is InChI=1S/C13H19N/c1-11-6-2-5-9-13(11)14-10-12-7-3-4-8-12/h2,5-6,9,12,14H,3-4,7-8,10H2,1H3. The number of anilines is 1. The SMILES string of the molecule is Cc1ccccc1NCC1CCCC1. The van der Waals surface area contributed by atoms with Crippen molar-refractivity contribution in [1.82, 2.24) is 0 Å². The first-order chi connectivity index (χ1) is 6.86. The molecule has 1 aliphatic rings. The highest BCUT2D eigenvalue weighted by atomic mass is 14.9. The molecule has 1 N–H and O–H groups in total. The minimum atomic E-state index is 0.912. The largest absolute Gasteiger partial charge is 0.385 e. The van der Waals surface area contributed by atoms with Gasteiger partial charge in [-0.15, -0.1) is 0 Å². The fourth-order valence-electron chi connectivity index (χ4n) is 2.24. The lowest BCUT2D eigenvalue weighted by Crippen LogP contribution is -2.11. The molecule has 0 aliphatic heterocycles. The van der Waals surface area contributed by atoms with Crippen molar-refractivity contribution < 1.29 is 0 Å². The van der Waals surface area contributed by atoms with E-state index in [4.69, 9.17) is 0 Å². The minimum absolute atomic E-state index is 0.912. The Hall–Kier alpha value is -0.980. The Morgan fingerprint density at radius 1 is 1.21 bits per heavy atom. The van der Waals surface area contributed by atoms with Gasteiger partial charge in [-0.3, -0.25) is 0 Å². The van der Waals surface area contributed by atoms with E-state index in [0.717, 1.165) is 12.5 Å². The second-order valence-corrected chi connectivity index (χ2v) is 4.35. The van der Waals surface area contributed by atoms with Crippen LogP contribution in [-0.4, -0.2) is 6.54 Å². The molecule has 2 rings (SSSR count). The minimum Gasteiger partial charge on any atom is -0.385 e. The third-order valence-corrected chi connectivity index (χ3v) is 3.20. The van der Waals surface area contributed by atoms with Crippen LogP contribution in [0.1, 0.15) is 31.2 Å². The Labute approximate surface area is 86.5 Å². The predicted molar refractivity (Wildman–Crippen MR) is 61.6 cm³/mol. The molecule has 1 saturated carbocycles. The van der Waals surface area contributed by atoms with Crippen LogP contribution in [0, 0.1) is 12.8 Å². The predicted octanol–water partition coefficient (Wildman–Crippen LogP) is 3.60. The lowest BCUT2D eigenvalue weighted by Gasteiger charge is -2.13. The summed E-state index contributed by atoms with van der Waals surface area (Å²) in [5.74, 6) is 0.912. The van der Waals surface area contributed by atoms with Gasteiger partial charge >= 0.3 is 0 Å². The molecule has 1 nitrogen and oxygen atoms in total. The number of benzene rings is 1. The van der Waals surface area contributed by atoms with Gasteiger partial charge in [-0.05, 0) is 37.3 Å². The summed E-state index contributed by atoms with van der Waals surface area (Å²) in [7, 11) is 0. The quantitative estimate of drug-likeness (QED) is 0.766. The number of hydrogen-bond acceptors (Lipinski definition) is 1. The van der Waals surface area contributed by atoms with Crippen molar-refractivity contribution in [3.8, 4) is 0 Å². The van der Waals surface area contributed by atoms with Crippen molar-refractivity contribution in [3.05, 3.63) is 29.8 Å². The van der Waals surface area contributed by atoms with Crippen LogP contribution in [-0.2, 0) is 0 Å². The summed E-state index contributed by atoms with van der Waals surface area (Å²) in [6.45, 7) is 3.32. The zero-order chi connectivity index (χ0) is 9.80. The number of para-hydroxylation sites is 1. The summed E-state index contributed by atoms with van der Waals surface area (Å²) >= 11 is 0. The molecular formula is C13H19N. The van der Waals surface area contributed by atoms with Crippen molar-refractivity contribution in [2.75, 3.05) is 11.9 Å². The van der Waals surface area contributed by atoms with E-state index in [2.05, 4.69) is 36.5 Å². The summed E-state index contributed by atoms with van der Waals surface area (Å²) in [4.78, 5) is 0. The molecule has 0 heterocycles. The van der Waals surface area contributed by atoms with Crippen LogP contribution in [0.3, 0.4) is 0 Å². The van der Waals surface area contributed by atoms with Crippen molar-refractivity contribution in [2.45, 2.75) is 32.6 Å². The van der Waals surface area contributed by atoms with Crippen LogP contribution in [0.2, 0.25) is 0 Å². The zero-order valence-corrected chi connectivity index (χ0v) is 8.92. The highest BCUT2D eigenvalue weighted by Crippen LogP contribution is 2.25. The molecule has 0 unspecified atom stereocenters. The van der Waals surface area contributed by atoms with E-state index in [1.807, 2.05) is 0 Å². The molecule has 0 spiro atoms. The molecule has 1 heteroatoms. The van der Waals surface area contributed by atoms with Gasteiger partial charge in [-0.2, -0.15) is 0 Å². The Kier molecular flexibility index (Phi) is 3.07. The molecule has 0 amide bonds. The molecule has 0 aromatic heterocycles. The molecule has 1 fully saturated rings. The highest BCUT2D eigenvalue weighted by Gasteiger charge is 2.14. The van der Waals surface area contributed by atoms with Gasteiger partial charge in [-0.25, -0.2) is 0 Å². The average molecular weight is 189 g/mol. The lowest BCUT2D eigenvalue weighted by molar-refractivity contribution is 0.580. The van der Waals surface area contributed by atoms with E-state index in [9.17, 15) is 0 Å². The third-order valence-electron chi connectivity index (χ3n) is 3.20. The molecule has 0 radical (unpaired) electrons. The van der Waals surface area contributed by atoms with Crippen molar-refractivity contribution in [1.29, 1.82) is 0 Å². The van der Waals surface area contributed by atoms with Crippen LogP contribution < -0.4 is 5.32 Å². The molecule has 0 saturated heterocycles. The normalized spacial score (nSPS) is 17.2. The van der Waals surface area contributed by atoms with E-state index < -0.39 is 0 Å². The molecule has 76 valence electrons. The van der Waals surface area contributed by atoms with Crippen LogP contribution >= 0.6 is 0 Å². The fourth-order valence-corrected chi connectivity index (χ4v) is 2.24. The molecule has 1 aliphatic carbocycles. The summed E-state index contributed by atoms with van der Waals surface area (Å²) in [6.07, 6.45) is 5.69. The molecule has 1 aromatic rings. The summed E-state index contributed by atoms with van der Waals surface area (Å²) in [6, 6.07) is 8.53. The maximum absolute atomic E-state index is 3.55. The maximum atomic E-state index is 3.55. The van der Waals surface area contributed by atoms with Gasteiger partial charge in [0.1, 0.15) is 0 Å². The Morgan fingerprint density at radius 3 is 2.64 bits per heavy atom. The van der Waals surface area contributed by atoms with E-state index >= 15 is 0 Å². The van der Waals surface area contributed by atoms with Crippen molar-refractivity contribution in [3.63, 3.8) is 0 Å². The van der Waals surface area contributed by atoms with Crippen LogP contribution in [0.25, 0.3) is 0 Å². The van der Waals surface area contributed by atoms with Crippen LogP contribution in [0.15, 0.2) is 24.3 Å². The number of aryl methyl sites for hydroxylation is 1. The molecule has 0 atom stereocenters. The average Bonchev–Trinajstić information content (AvgIpc) is 2.69. The molecule has 14 heavy (non-hydrogen) atoms. The Morgan fingerprint density at radius 2 is 1.93 bits per heavy atom. The number of nitrogens with one attached hydrogen (secondary N) is 1. The first-order valence-corrected chi connectivity index (χ1v) is 5.66. The second-order valence-electron chi connectivity index (χ2n) is 4.35. The van der Waals surface area contributed by atoms with Gasteiger partial charge < -0.3 is 5.32 Å². The van der Waals surface area contributed by atoms with Gasteiger partial charge in [0.25, 0.3) is 0 Å². The topological polar surface area (TPSA) is 12.0 Å². The van der Waals surface area contributed by atoms with Gasteiger partial charge in [0.05, 0.1) is 0 Å². The maximum Gasteiger partial charge on any atom is 0.0369 e. The van der Waals surface area contributed by atoms with Gasteiger partial charge in [-0.1, -0.05) is 31.0 Å². The molecule has 0 bridgehead atoms. The Balaban J connectivity index is 1.88. The van der Waals surface area contributed by atoms with E-state index in [1.165, 1.54) is 36.9 Å². The van der Waals surface area contributed by atoms with Gasteiger partial charge in [0.15, 0.2) is 0 Å². The summed E-state index contributed by atoms with van der Waals surface area (Å²) < 4.78 is 0. The summed E-state index contributed by atoms with van der Waals surface area (Å²) in [5.41, 5.74) is 2.66. The van der Waals surface area contributed by atoms with Gasteiger partial charge in [0.2, 0.25) is 0 Å². The van der Waals surface area contributed by atoms with E-state index in [0.29, 0.717) is 0 Å². The molecule has 1 aromatic carbocycles. The zero-order valence-electron chi connectivity index (χ0n) is 8.92. The van der Waals surface area contributed by atoms with Crippen molar-refractivity contribution >= 4 is 5.69 Å². The van der Waals surface area contributed by atoms with E-state index in [1.54, 1.807) is 0 Å². The Bertz CT molecular complexity index is 287. The smallest absolute Gasteiger partial charge is 0.0369 e.